The summed E-state index contributed by atoms with van der Waals surface area (Å²) >= 11 is 1.02. The fourth-order valence-corrected chi connectivity index (χ4v) is 8.20. The number of aliphatic carboxylic acids is 1. The molecule has 0 bridgehead atoms. The fourth-order valence-electron chi connectivity index (χ4n) is 7.50. The van der Waals surface area contributed by atoms with Crippen LogP contribution in [0, 0.1) is 28.6 Å². The molecule has 6 nitrogen and oxygen atoms in total. The summed E-state index contributed by atoms with van der Waals surface area (Å²) in [5, 5.41) is 31.7. The number of hydrogen-bond donors (Lipinski definition) is 3. The lowest BCUT2D eigenvalue weighted by Gasteiger charge is -2.60. The van der Waals surface area contributed by atoms with Crippen molar-refractivity contribution in [2.45, 2.75) is 70.5 Å². The third kappa shape index (κ3) is 3.11. The van der Waals surface area contributed by atoms with E-state index in [1.807, 2.05) is 6.92 Å². The van der Waals surface area contributed by atoms with E-state index in [1.165, 1.54) is 0 Å². The molecule has 0 radical (unpaired) electrons. The zero-order valence-electron chi connectivity index (χ0n) is 17.7. The number of aliphatic hydroxyl groups is 2. The minimum Gasteiger partial charge on any atom is -0.481 e. The molecule has 0 aromatic rings. The number of fused-ring (bicyclic) bond motifs is 5. The minimum absolute atomic E-state index is 0.0258. The van der Waals surface area contributed by atoms with Crippen molar-refractivity contribution in [1.29, 1.82) is 0 Å². The first kappa shape index (κ1) is 22.0. The molecule has 3 saturated carbocycles. The molecule has 30 heavy (non-hydrogen) atoms. The molecule has 4 aliphatic carbocycles. The molecule has 0 aromatic heterocycles. The van der Waals surface area contributed by atoms with E-state index in [2.05, 4.69) is 6.92 Å². The van der Waals surface area contributed by atoms with Gasteiger partial charge in [0, 0.05) is 11.8 Å². The maximum absolute atomic E-state index is 13.0. The molecule has 0 amide bonds. The number of rotatable bonds is 5. The number of carbonyl (C=O) groups excluding carboxylic acids is 2. The van der Waals surface area contributed by atoms with Gasteiger partial charge in [0.05, 0.1) is 17.6 Å². The van der Waals surface area contributed by atoms with E-state index in [9.17, 15) is 24.6 Å². The third-order valence-electron chi connectivity index (χ3n) is 8.97. The first-order valence-electron chi connectivity index (χ1n) is 11.0. The van der Waals surface area contributed by atoms with E-state index in [-0.39, 0.29) is 46.2 Å². The quantitative estimate of drug-likeness (QED) is 0.607. The molecule has 0 heterocycles. The predicted octanol–water partition coefficient (Wildman–Crippen LogP) is 2.61. The van der Waals surface area contributed by atoms with Crippen LogP contribution in [0.25, 0.3) is 0 Å². The van der Waals surface area contributed by atoms with Crippen molar-refractivity contribution >= 4 is 29.3 Å². The maximum atomic E-state index is 13.0. The Kier molecular flexibility index (Phi) is 5.47. The number of carboxylic acids is 1. The maximum Gasteiger partial charge on any atom is 0.313 e. The van der Waals surface area contributed by atoms with Crippen LogP contribution in [0.5, 0.6) is 0 Å². The van der Waals surface area contributed by atoms with Gasteiger partial charge in [0.25, 0.3) is 0 Å². The van der Waals surface area contributed by atoms with Gasteiger partial charge in [-0.25, -0.2) is 0 Å². The van der Waals surface area contributed by atoms with Gasteiger partial charge in [-0.1, -0.05) is 19.4 Å². The molecule has 0 aromatic carbocycles. The van der Waals surface area contributed by atoms with E-state index in [1.54, 1.807) is 6.08 Å². The summed E-state index contributed by atoms with van der Waals surface area (Å²) in [4.78, 5) is 35.8. The second-order valence-electron chi connectivity index (χ2n) is 10.3. The number of allylic oxidation sites excluding steroid dienone is 1. The molecular weight excluding hydrogens is 404 g/mol. The minimum atomic E-state index is -1.52. The third-order valence-corrected chi connectivity index (χ3v) is 9.89. The number of aliphatic hydroxyl groups excluding tert-OH is 1. The Hall–Kier alpha value is -1.18. The summed E-state index contributed by atoms with van der Waals surface area (Å²) in [7, 11) is 0. The van der Waals surface area contributed by atoms with Crippen molar-refractivity contribution in [3.05, 3.63) is 11.6 Å². The highest BCUT2D eigenvalue weighted by molar-refractivity contribution is 8.00. The molecule has 0 saturated heterocycles. The molecule has 7 heteroatoms. The molecule has 7 atom stereocenters. The van der Waals surface area contributed by atoms with Crippen molar-refractivity contribution in [3.8, 4) is 0 Å². The molecule has 4 rings (SSSR count). The first-order valence-corrected chi connectivity index (χ1v) is 12.2. The fraction of sp³-hybridized carbons (Fsp3) is 0.783. The van der Waals surface area contributed by atoms with Crippen LogP contribution < -0.4 is 0 Å². The van der Waals surface area contributed by atoms with E-state index in [0.717, 1.165) is 43.0 Å². The van der Waals surface area contributed by atoms with Gasteiger partial charge >= 0.3 is 5.97 Å². The summed E-state index contributed by atoms with van der Waals surface area (Å²) in [5.74, 6) is -0.906. The van der Waals surface area contributed by atoms with Gasteiger partial charge in [0.15, 0.2) is 11.6 Å². The smallest absolute Gasteiger partial charge is 0.313 e. The lowest BCUT2D eigenvalue weighted by molar-refractivity contribution is -0.178. The van der Waals surface area contributed by atoms with E-state index in [4.69, 9.17) is 5.11 Å². The van der Waals surface area contributed by atoms with Crippen LogP contribution in [0.2, 0.25) is 0 Å². The molecule has 0 unspecified atom stereocenters. The van der Waals surface area contributed by atoms with Crippen LogP contribution >= 0.6 is 11.8 Å². The van der Waals surface area contributed by atoms with Crippen molar-refractivity contribution in [2.75, 3.05) is 11.5 Å². The highest BCUT2D eigenvalue weighted by atomic mass is 32.2. The summed E-state index contributed by atoms with van der Waals surface area (Å²) < 4.78 is 0. The monoisotopic (exact) mass is 436 g/mol. The molecule has 166 valence electrons. The summed E-state index contributed by atoms with van der Waals surface area (Å²) in [5.41, 5.74) is -1.26. The normalized spacial score (nSPS) is 45.2. The van der Waals surface area contributed by atoms with Crippen molar-refractivity contribution in [2.24, 2.45) is 28.6 Å². The number of Topliss-reactive ketones (excluding diaryl/α,β-unsaturated/α-hetero) is 1. The van der Waals surface area contributed by atoms with Crippen LogP contribution in [-0.4, -0.2) is 56.1 Å². The lowest BCUT2D eigenvalue weighted by Crippen LogP contribution is -2.62. The van der Waals surface area contributed by atoms with Gasteiger partial charge in [-0.05, 0) is 67.8 Å². The predicted molar refractivity (Wildman–Crippen MR) is 113 cm³/mol. The zero-order valence-corrected chi connectivity index (χ0v) is 18.5. The Labute approximate surface area is 181 Å². The number of carbonyl (C=O) groups is 3. The van der Waals surface area contributed by atoms with E-state index < -0.39 is 23.1 Å². The Morgan fingerprint density at radius 1 is 1.17 bits per heavy atom. The second-order valence-corrected chi connectivity index (χ2v) is 11.3. The van der Waals surface area contributed by atoms with Gasteiger partial charge in [-0.2, -0.15) is 0 Å². The van der Waals surface area contributed by atoms with Crippen molar-refractivity contribution in [3.63, 3.8) is 0 Å². The molecule has 0 aliphatic heterocycles. The van der Waals surface area contributed by atoms with Crippen LogP contribution in [0.1, 0.15) is 58.8 Å². The topological polar surface area (TPSA) is 112 Å². The largest absolute Gasteiger partial charge is 0.481 e. The number of ketones is 2. The van der Waals surface area contributed by atoms with Crippen molar-refractivity contribution in [1.82, 2.24) is 0 Å². The van der Waals surface area contributed by atoms with Crippen LogP contribution in [0.4, 0.5) is 0 Å². The van der Waals surface area contributed by atoms with Gasteiger partial charge in [-0.15, -0.1) is 11.8 Å². The van der Waals surface area contributed by atoms with Crippen LogP contribution in [0.15, 0.2) is 11.6 Å². The molecule has 3 fully saturated rings. The van der Waals surface area contributed by atoms with Gasteiger partial charge in [0.2, 0.25) is 0 Å². The second kappa shape index (κ2) is 7.45. The van der Waals surface area contributed by atoms with Crippen LogP contribution in [0.3, 0.4) is 0 Å². The number of thioether (sulfide) groups is 1. The first-order chi connectivity index (χ1) is 14.0. The standard InChI is InChI=1S/C23H32O6S/c1-21-7-5-14(24)9-13(21)3-4-15-16-6-8-23(29,18(26)11-30-12-19(27)28)22(16,2)10-17(25)20(15)21/h9,15-17,20,25,29H,3-8,10-12H2,1-2H3,(H,27,28)/t15-,16+,17-,20-,21-,22-,23-/m0/s1. The molecule has 0 spiro atoms. The molecular formula is C23H32O6S. The van der Waals surface area contributed by atoms with Crippen molar-refractivity contribution < 1.29 is 29.7 Å². The Morgan fingerprint density at radius 3 is 2.60 bits per heavy atom. The SMILES string of the molecule is C[C@]12CCC(=O)C=C1CC[C@@H]1[C@H]2[C@@H](O)C[C@@]2(C)[C@@H]1CC[C@]2(O)C(=O)CSCC(=O)O. The number of carboxylic acid groups (broad SMARTS) is 1. The Morgan fingerprint density at radius 2 is 1.90 bits per heavy atom. The average molecular weight is 437 g/mol. The van der Waals surface area contributed by atoms with E-state index >= 15 is 0 Å². The summed E-state index contributed by atoms with van der Waals surface area (Å²) in [6.45, 7) is 4.13. The lowest BCUT2D eigenvalue weighted by atomic mass is 9.45. The van der Waals surface area contributed by atoms with Gasteiger partial charge < -0.3 is 15.3 Å². The van der Waals surface area contributed by atoms with Gasteiger partial charge in [-0.3, -0.25) is 14.4 Å². The summed E-state index contributed by atoms with van der Waals surface area (Å²) in [6, 6.07) is 0. The summed E-state index contributed by atoms with van der Waals surface area (Å²) in [6.07, 6.45) is 5.62. The molecule has 3 N–H and O–H groups in total. The highest BCUT2D eigenvalue weighted by Crippen LogP contribution is 2.67. The Balaban J connectivity index is 1.61. The molecule has 4 aliphatic rings. The van der Waals surface area contributed by atoms with Gasteiger partial charge in [0.1, 0.15) is 5.60 Å². The average Bonchev–Trinajstić information content (AvgIpc) is 2.93. The Bertz CT molecular complexity index is 808. The number of hydrogen-bond acceptors (Lipinski definition) is 6. The highest BCUT2D eigenvalue weighted by Gasteiger charge is 2.68. The van der Waals surface area contributed by atoms with E-state index in [0.29, 0.717) is 19.3 Å². The van der Waals surface area contributed by atoms with Crippen LogP contribution in [-0.2, 0) is 14.4 Å². The zero-order chi connectivity index (χ0) is 21.9.